The van der Waals surface area contributed by atoms with Crippen LogP contribution in [-0.2, 0) is 0 Å². The number of nitrogens with two attached hydrogens (primary N) is 1. The van der Waals surface area contributed by atoms with Crippen LogP contribution in [-0.4, -0.2) is 27.3 Å². The molecule has 4 nitrogen and oxygen atoms in total. The zero-order valence-corrected chi connectivity index (χ0v) is 10.8. The minimum atomic E-state index is 0.478. The second-order valence-electron chi connectivity index (χ2n) is 3.96. The van der Waals surface area contributed by atoms with Crippen LogP contribution in [0.4, 0.5) is 5.69 Å². The highest BCUT2D eigenvalue weighted by atomic mass is 16.5. The van der Waals surface area contributed by atoms with Gasteiger partial charge in [0.1, 0.15) is 11.5 Å². The molecule has 4 heteroatoms. The van der Waals surface area contributed by atoms with Crippen LogP contribution in [0.3, 0.4) is 0 Å². The molecule has 0 heterocycles. The van der Waals surface area contributed by atoms with Crippen molar-refractivity contribution in [1.29, 1.82) is 0 Å². The van der Waals surface area contributed by atoms with Gasteiger partial charge in [-0.15, -0.1) is 0 Å². The van der Waals surface area contributed by atoms with E-state index >= 15 is 0 Å². The molecule has 96 valence electrons. The minimum Gasteiger partial charge on any atom is -0.497 e. The molecule has 0 amide bonds. The average molecular weight is 238 g/mol. The third kappa shape index (κ3) is 3.82. The first-order valence-electron chi connectivity index (χ1n) is 5.91. The highest BCUT2D eigenvalue weighted by Crippen LogP contribution is 2.29. The summed E-state index contributed by atoms with van der Waals surface area (Å²) in [6.07, 6.45) is 1.07. The van der Waals surface area contributed by atoms with Crippen LogP contribution in [0.5, 0.6) is 11.5 Å². The predicted octanol–water partition coefficient (Wildman–Crippen LogP) is 2.10. The van der Waals surface area contributed by atoms with Crippen molar-refractivity contribution < 1.29 is 9.47 Å². The van der Waals surface area contributed by atoms with E-state index in [1.54, 1.807) is 14.2 Å². The Bertz CT molecular complexity index is 338. The van der Waals surface area contributed by atoms with Crippen molar-refractivity contribution in [3.63, 3.8) is 0 Å². The molecule has 0 aromatic heterocycles. The molecule has 0 radical (unpaired) electrons. The Balaban J connectivity index is 2.73. The lowest BCUT2D eigenvalue weighted by Crippen LogP contribution is -2.22. The van der Waals surface area contributed by atoms with E-state index in [1.165, 1.54) is 0 Å². The highest BCUT2D eigenvalue weighted by molar-refractivity contribution is 5.59. The minimum absolute atomic E-state index is 0.478. The van der Waals surface area contributed by atoms with E-state index in [4.69, 9.17) is 15.2 Å². The van der Waals surface area contributed by atoms with E-state index in [0.717, 1.165) is 30.2 Å². The summed E-state index contributed by atoms with van der Waals surface area (Å²) in [6.45, 7) is 3.67. The number of methoxy groups -OCH3 is 2. The summed E-state index contributed by atoms with van der Waals surface area (Å²) in [5.41, 5.74) is 6.62. The number of ether oxygens (including phenoxy) is 2. The van der Waals surface area contributed by atoms with Crippen LogP contribution in [0.2, 0.25) is 0 Å². The first kappa shape index (κ1) is 13.6. The van der Waals surface area contributed by atoms with Crippen molar-refractivity contribution in [2.24, 2.45) is 11.7 Å². The number of hydrogen-bond donors (Lipinski definition) is 2. The lowest BCUT2D eigenvalue weighted by Gasteiger charge is -2.16. The standard InChI is InChI=1S/C13H22N2O2/c1-4-10(8-14)9-15-12-7-11(16-2)5-6-13(12)17-3/h5-7,10,15H,4,8-9,14H2,1-3H3. The van der Waals surface area contributed by atoms with Crippen LogP contribution in [0.25, 0.3) is 0 Å². The van der Waals surface area contributed by atoms with E-state index in [2.05, 4.69) is 12.2 Å². The first-order chi connectivity index (χ1) is 8.24. The summed E-state index contributed by atoms with van der Waals surface area (Å²) in [6, 6.07) is 5.71. The largest absolute Gasteiger partial charge is 0.497 e. The Morgan fingerprint density at radius 3 is 2.59 bits per heavy atom. The van der Waals surface area contributed by atoms with Crippen LogP contribution in [0, 0.1) is 5.92 Å². The molecule has 1 rings (SSSR count). The molecule has 3 N–H and O–H groups in total. The van der Waals surface area contributed by atoms with E-state index in [0.29, 0.717) is 12.5 Å². The number of anilines is 1. The van der Waals surface area contributed by atoms with Gasteiger partial charge in [0.05, 0.1) is 19.9 Å². The van der Waals surface area contributed by atoms with Gasteiger partial charge in [0.2, 0.25) is 0 Å². The summed E-state index contributed by atoms with van der Waals surface area (Å²) in [7, 11) is 3.31. The van der Waals surface area contributed by atoms with Gasteiger partial charge in [0.15, 0.2) is 0 Å². The second-order valence-corrected chi connectivity index (χ2v) is 3.96. The topological polar surface area (TPSA) is 56.5 Å². The van der Waals surface area contributed by atoms with Gasteiger partial charge in [-0.3, -0.25) is 0 Å². The number of nitrogens with one attached hydrogen (secondary N) is 1. The van der Waals surface area contributed by atoms with Gasteiger partial charge in [0.25, 0.3) is 0 Å². The molecule has 1 unspecified atom stereocenters. The van der Waals surface area contributed by atoms with Gasteiger partial charge in [-0.2, -0.15) is 0 Å². The molecule has 17 heavy (non-hydrogen) atoms. The molecule has 0 aliphatic carbocycles. The zero-order valence-electron chi connectivity index (χ0n) is 10.8. The number of hydrogen-bond acceptors (Lipinski definition) is 4. The normalized spacial score (nSPS) is 12.0. The molecular formula is C13H22N2O2. The maximum absolute atomic E-state index is 5.68. The molecule has 0 spiro atoms. The van der Waals surface area contributed by atoms with Crippen molar-refractivity contribution in [3.05, 3.63) is 18.2 Å². The van der Waals surface area contributed by atoms with Gasteiger partial charge < -0.3 is 20.5 Å². The Morgan fingerprint density at radius 2 is 2.06 bits per heavy atom. The van der Waals surface area contributed by atoms with E-state index in [9.17, 15) is 0 Å². The SMILES string of the molecule is CCC(CN)CNc1cc(OC)ccc1OC. The lowest BCUT2D eigenvalue weighted by atomic mass is 10.1. The van der Waals surface area contributed by atoms with Crippen molar-refractivity contribution in [1.82, 2.24) is 0 Å². The number of benzene rings is 1. The first-order valence-corrected chi connectivity index (χ1v) is 5.91. The summed E-state index contributed by atoms with van der Waals surface area (Å²) in [5, 5.41) is 3.36. The molecular weight excluding hydrogens is 216 g/mol. The van der Waals surface area contributed by atoms with E-state index < -0.39 is 0 Å². The van der Waals surface area contributed by atoms with Gasteiger partial charge in [0, 0.05) is 12.6 Å². The van der Waals surface area contributed by atoms with Gasteiger partial charge in [-0.25, -0.2) is 0 Å². The fraction of sp³-hybridized carbons (Fsp3) is 0.538. The Hall–Kier alpha value is -1.42. The van der Waals surface area contributed by atoms with Gasteiger partial charge >= 0.3 is 0 Å². The molecule has 0 fully saturated rings. The van der Waals surface area contributed by atoms with Crippen molar-refractivity contribution in [2.45, 2.75) is 13.3 Å². The average Bonchev–Trinajstić information content (AvgIpc) is 2.39. The molecule has 1 aromatic rings. The van der Waals surface area contributed by atoms with Crippen LogP contribution in [0.1, 0.15) is 13.3 Å². The Labute approximate surface area is 103 Å². The lowest BCUT2D eigenvalue weighted by molar-refractivity contribution is 0.404. The molecule has 1 atom stereocenters. The smallest absolute Gasteiger partial charge is 0.142 e. The molecule has 0 aliphatic heterocycles. The van der Waals surface area contributed by atoms with Crippen molar-refractivity contribution in [2.75, 3.05) is 32.6 Å². The molecule has 0 aliphatic rings. The molecule has 0 bridgehead atoms. The summed E-state index contributed by atoms with van der Waals surface area (Å²) in [4.78, 5) is 0. The van der Waals surface area contributed by atoms with E-state index in [1.807, 2.05) is 18.2 Å². The molecule has 1 aromatic carbocycles. The van der Waals surface area contributed by atoms with Crippen LogP contribution < -0.4 is 20.5 Å². The van der Waals surface area contributed by atoms with Crippen molar-refractivity contribution in [3.8, 4) is 11.5 Å². The molecule has 0 saturated heterocycles. The summed E-state index contributed by atoms with van der Waals surface area (Å²) in [5.74, 6) is 2.11. The maximum Gasteiger partial charge on any atom is 0.142 e. The van der Waals surface area contributed by atoms with Gasteiger partial charge in [-0.05, 0) is 24.6 Å². The van der Waals surface area contributed by atoms with Crippen molar-refractivity contribution >= 4 is 5.69 Å². The van der Waals surface area contributed by atoms with Crippen LogP contribution in [0.15, 0.2) is 18.2 Å². The predicted molar refractivity (Wildman–Crippen MR) is 70.9 cm³/mol. The second kappa shape index (κ2) is 7.01. The third-order valence-electron chi connectivity index (χ3n) is 2.90. The highest BCUT2D eigenvalue weighted by Gasteiger charge is 2.07. The van der Waals surface area contributed by atoms with Gasteiger partial charge in [-0.1, -0.05) is 13.3 Å². The third-order valence-corrected chi connectivity index (χ3v) is 2.90. The quantitative estimate of drug-likeness (QED) is 0.764. The molecule has 0 saturated carbocycles. The fourth-order valence-electron chi connectivity index (χ4n) is 1.60. The van der Waals surface area contributed by atoms with Crippen LogP contribution >= 0.6 is 0 Å². The summed E-state index contributed by atoms with van der Waals surface area (Å²) < 4.78 is 10.5. The van der Waals surface area contributed by atoms with E-state index in [-0.39, 0.29) is 0 Å². The zero-order chi connectivity index (χ0) is 12.7. The Morgan fingerprint density at radius 1 is 1.29 bits per heavy atom. The Kier molecular flexibility index (Phi) is 5.63. The fourth-order valence-corrected chi connectivity index (χ4v) is 1.60. The summed E-state index contributed by atoms with van der Waals surface area (Å²) >= 11 is 0. The maximum atomic E-state index is 5.68. The monoisotopic (exact) mass is 238 g/mol. The number of rotatable bonds is 7.